The summed E-state index contributed by atoms with van der Waals surface area (Å²) in [6.45, 7) is 2.67. The summed E-state index contributed by atoms with van der Waals surface area (Å²) >= 11 is 0. The van der Waals surface area contributed by atoms with Crippen molar-refractivity contribution in [3.8, 4) is 0 Å². The molecule has 0 radical (unpaired) electrons. The molecule has 0 spiro atoms. The zero-order valence-electron chi connectivity index (χ0n) is 13.4. The maximum absolute atomic E-state index is 12.4. The van der Waals surface area contributed by atoms with Crippen LogP contribution in [0.5, 0.6) is 0 Å². The molecule has 1 aromatic heterocycles. The van der Waals surface area contributed by atoms with Crippen LogP contribution in [0.3, 0.4) is 0 Å². The number of pyridine rings is 1. The average molecular weight is 317 g/mol. The number of amides is 2. The number of nitrogens with one attached hydrogen (secondary N) is 2. The number of hydrogen-bond acceptors (Lipinski definition) is 5. The molecular formula is C16H23N5O2. The first-order valence-electron chi connectivity index (χ1n) is 8.12. The highest BCUT2D eigenvalue weighted by molar-refractivity contribution is 5.94. The van der Waals surface area contributed by atoms with E-state index in [2.05, 4.69) is 20.5 Å². The molecule has 124 valence electrons. The van der Waals surface area contributed by atoms with Crippen molar-refractivity contribution in [2.45, 2.75) is 25.3 Å². The molecule has 7 heteroatoms. The Morgan fingerprint density at radius 3 is 2.91 bits per heavy atom. The van der Waals surface area contributed by atoms with Crippen LogP contribution in [0.15, 0.2) is 18.3 Å². The fourth-order valence-electron chi connectivity index (χ4n) is 3.11. The van der Waals surface area contributed by atoms with E-state index in [-0.39, 0.29) is 17.9 Å². The Bertz CT molecular complexity index is 574. The van der Waals surface area contributed by atoms with E-state index >= 15 is 0 Å². The van der Waals surface area contributed by atoms with Gasteiger partial charge in [-0.1, -0.05) is 6.42 Å². The van der Waals surface area contributed by atoms with Crippen LogP contribution in [0, 0.1) is 0 Å². The molecule has 0 bridgehead atoms. The van der Waals surface area contributed by atoms with E-state index in [1.54, 1.807) is 6.20 Å². The van der Waals surface area contributed by atoms with Crippen molar-refractivity contribution >= 4 is 23.3 Å². The van der Waals surface area contributed by atoms with Gasteiger partial charge in [0.1, 0.15) is 5.82 Å². The van der Waals surface area contributed by atoms with E-state index in [0.717, 1.165) is 38.2 Å². The standard InChI is InChI=1S/C16H23N5O2/c1-20-8-3-2-4-13(20)16(23)19-12-5-6-14(18-10-12)21-9-7-17-15(22)11-21/h5-6,10,13H,2-4,7-9,11H2,1H3,(H,17,22)(H,19,23). The molecule has 2 fully saturated rings. The van der Waals surface area contributed by atoms with E-state index in [4.69, 9.17) is 0 Å². The predicted molar refractivity (Wildman–Crippen MR) is 88.4 cm³/mol. The first-order chi connectivity index (χ1) is 11.1. The number of carbonyl (C=O) groups is 2. The number of piperazine rings is 1. The quantitative estimate of drug-likeness (QED) is 0.846. The molecule has 7 nitrogen and oxygen atoms in total. The van der Waals surface area contributed by atoms with E-state index in [1.807, 2.05) is 24.1 Å². The molecule has 0 aromatic carbocycles. The third-order valence-corrected chi connectivity index (χ3v) is 4.45. The molecule has 23 heavy (non-hydrogen) atoms. The van der Waals surface area contributed by atoms with Crippen LogP contribution in [0.25, 0.3) is 0 Å². The molecular weight excluding hydrogens is 294 g/mol. The first-order valence-corrected chi connectivity index (χ1v) is 8.12. The average Bonchev–Trinajstić information content (AvgIpc) is 2.56. The Kier molecular flexibility index (Phi) is 4.76. The molecule has 2 aliphatic heterocycles. The zero-order chi connectivity index (χ0) is 16.2. The van der Waals surface area contributed by atoms with Gasteiger partial charge in [-0.15, -0.1) is 0 Å². The Balaban J connectivity index is 1.60. The number of piperidine rings is 1. The summed E-state index contributed by atoms with van der Waals surface area (Å²) in [5.41, 5.74) is 0.694. The van der Waals surface area contributed by atoms with Gasteiger partial charge in [0.2, 0.25) is 11.8 Å². The lowest BCUT2D eigenvalue weighted by Gasteiger charge is -2.31. The van der Waals surface area contributed by atoms with E-state index in [0.29, 0.717) is 18.8 Å². The van der Waals surface area contributed by atoms with Crippen LogP contribution in [0.4, 0.5) is 11.5 Å². The lowest BCUT2D eigenvalue weighted by molar-refractivity contribution is -0.122. The van der Waals surface area contributed by atoms with Gasteiger partial charge in [0.05, 0.1) is 24.5 Å². The van der Waals surface area contributed by atoms with Crippen LogP contribution in [-0.4, -0.2) is 61.0 Å². The second-order valence-corrected chi connectivity index (χ2v) is 6.16. The highest BCUT2D eigenvalue weighted by Crippen LogP contribution is 2.18. The lowest BCUT2D eigenvalue weighted by Crippen LogP contribution is -2.48. The van der Waals surface area contributed by atoms with E-state index < -0.39 is 0 Å². The monoisotopic (exact) mass is 317 g/mol. The van der Waals surface area contributed by atoms with Gasteiger partial charge in [-0.25, -0.2) is 4.98 Å². The second kappa shape index (κ2) is 6.95. The number of likely N-dealkylation sites (N-methyl/N-ethyl adjacent to an activating group) is 1. The topological polar surface area (TPSA) is 77.6 Å². The molecule has 0 aliphatic carbocycles. The van der Waals surface area contributed by atoms with Gasteiger partial charge in [0, 0.05) is 13.1 Å². The van der Waals surface area contributed by atoms with Gasteiger partial charge < -0.3 is 15.5 Å². The molecule has 3 rings (SSSR count). The number of rotatable bonds is 3. The van der Waals surface area contributed by atoms with Gasteiger partial charge in [-0.3, -0.25) is 14.5 Å². The minimum atomic E-state index is -0.0609. The van der Waals surface area contributed by atoms with Gasteiger partial charge in [0.15, 0.2) is 0 Å². The molecule has 2 saturated heterocycles. The summed E-state index contributed by atoms with van der Waals surface area (Å²) in [5.74, 6) is 0.794. The summed E-state index contributed by atoms with van der Waals surface area (Å²) in [4.78, 5) is 32.2. The summed E-state index contributed by atoms with van der Waals surface area (Å²) in [7, 11) is 1.99. The van der Waals surface area contributed by atoms with Gasteiger partial charge in [0.25, 0.3) is 0 Å². The van der Waals surface area contributed by atoms with Crippen LogP contribution >= 0.6 is 0 Å². The summed E-state index contributed by atoms with van der Waals surface area (Å²) in [6.07, 6.45) is 4.80. The third-order valence-electron chi connectivity index (χ3n) is 4.45. The SMILES string of the molecule is CN1CCCCC1C(=O)Nc1ccc(N2CCNC(=O)C2)nc1. The van der Waals surface area contributed by atoms with Crippen molar-refractivity contribution in [3.05, 3.63) is 18.3 Å². The summed E-state index contributed by atoms with van der Waals surface area (Å²) in [6, 6.07) is 3.63. The van der Waals surface area contributed by atoms with Gasteiger partial charge in [-0.2, -0.15) is 0 Å². The molecule has 3 heterocycles. The fraction of sp³-hybridized carbons (Fsp3) is 0.562. The molecule has 2 N–H and O–H groups in total. The number of aromatic nitrogens is 1. The zero-order valence-corrected chi connectivity index (χ0v) is 13.4. The molecule has 2 amide bonds. The Hall–Kier alpha value is -2.15. The van der Waals surface area contributed by atoms with Crippen molar-refractivity contribution in [2.24, 2.45) is 0 Å². The number of anilines is 2. The smallest absolute Gasteiger partial charge is 0.241 e. The van der Waals surface area contributed by atoms with Crippen LogP contribution < -0.4 is 15.5 Å². The Labute approximate surface area is 136 Å². The van der Waals surface area contributed by atoms with Crippen LogP contribution in [0.1, 0.15) is 19.3 Å². The highest BCUT2D eigenvalue weighted by Gasteiger charge is 2.26. The van der Waals surface area contributed by atoms with Gasteiger partial charge in [-0.05, 0) is 38.6 Å². The second-order valence-electron chi connectivity index (χ2n) is 6.16. The van der Waals surface area contributed by atoms with Crippen molar-refractivity contribution in [1.29, 1.82) is 0 Å². The maximum atomic E-state index is 12.4. The predicted octanol–water partition coefficient (Wildman–Crippen LogP) is 0.441. The third kappa shape index (κ3) is 3.79. The normalized spacial score (nSPS) is 22.6. The van der Waals surface area contributed by atoms with Crippen molar-refractivity contribution in [3.63, 3.8) is 0 Å². The van der Waals surface area contributed by atoms with Crippen LogP contribution in [-0.2, 0) is 9.59 Å². The molecule has 2 aliphatic rings. The first kappa shape index (κ1) is 15.7. The minimum Gasteiger partial charge on any atom is -0.353 e. The summed E-state index contributed by atoms with van der Waals surface area (Å²) in [5, 5.41) is 5.73. The molecule has 0 saturated carbocycles. The fourth-order valence-corrected chi connectivity index (χ4v) is 3.11. The lowest BCUT2D eigenvalue weighted by atomic mass is 10.0. The Morgan fingerprint density at radius 1 is 1.35 bits per heavy atom. The number of hydrogen-bond donors (Lipinski definition) is 2. The van der Waals surface area contributed by atoms with Crippen molar-refractivity contribution in [2.75, 3.05) is 43.4 Å². The van der Waals surface area contributed by atoms with Gasteiger partial charge >= 0.3 is 0 Å². The number of nitrogens with zero attached hydrogens (tertiary/aromatic N) is 3. The highest BCUT2D eigenvalue weighted by atomic mass is 16.2. The molecule has 1 aromatic rings. The van der Waals surface area contributed by atoms with E-state index in [9.17, 15) is 9.59 Å². The van der Waals surface area contributed by atoms with Crippen molar-refractivity contribution < 1.29 is 9.59 Å². The Morgan fingerprint density at radius 2 is 2.22 bits per heavy atom. The van der Waals surface area contributed by atoms with Crippen LogP contribution in [0.2, 0.25) is 0 Å². The maximum Gasteiger partial charge on any atom is 0.241 e. The minimum absolute atomic E-state index is 0.00997. The molecule has 1 unspecified atom stereocenters. The number of carbonyl (C=O) groups excluding carboxylic acids is 2. The van der Waals surface area contributed by atoms with E-state index in [1.165, 1.54) is 0 Å². The largest absolute Gasteiger partial charge is 0.353 e. The molecule has 1 atom stereocenters. The summed E-state index contributed by atoms with van der Waals surface area (Å²) < 4.78 is 0. The number of likely N-dealkylation sites (tertiary alicyclic amines) is 1. The van der Waals surface area contributed by atoms with Crippen molar-refractivity contribution in [1.82, 2.24) is 15.2 Å².